The van der Waals surface area contributed by atoms with Gasteiger partial charge in [0.2, 0.25) is 5.95 Å². The first-order valence-electron chi connectivity index (χ1n) is 4.44. The van der Waals surface area contributed by atoms with Gasteiger partial charge in [-0.3, -0.25) is 15.1 Å². The van der Waals surface area contributed by atoms with Gasteiger partial charge in [0.15, 0.2) is 0 Å². The average molecular weight is 238 g/mol. The third kappa shape index (κ3) is 2.17. The predicted octanol–water partition coefficient (Wildman–Crippen LogP) is 1.12. The van der Waals surface area contributed by atoms with Crippen molar-refractivity contribution in [3.05, 3.63) is 35.4 Å². The van der Waals surface area contributed by atoms with Crippen molar-refractivity contribution in [1.29, 1.82) is 0 Å². The summed E-state index contributed by atoms with van der Waals surface area (Å²) in [5.74, 6) is -0.0228. The lowest BCUT2D eigenvalue weighted by Crippen LogP contribution is -2.16. The molecule has 2 rings (SSSR count). The fraction of sp³-hybridized carbons (Fsp3) is 0.111. The molecule has 0 aliphatic heterocycles. The minimum absolute atomic E-state index is 0.232. The maximum Gasteiger partial charge on any atom is 0.276 e. The number of aromatic nitrogens is 4. The molecule has 1 N–H and O–H groups in total. The van der Waals surface area contributed by atoms with E-state index in [9.17, 15) is 4.79 Å². The Balaban J connectivity index is 2.18. The first-order valence-corrected chi connectivity index (χ1v) is 4.81. The molecular formula is C9H8ClN5O. The van der Waals surface area contributed by atoms with Crippen molar-refractivity contribution in [2.24, 2.45) is 7.05 Å². The van der Waals surface area contributed by atoms with Crippen molar-refractivity contribution in [2.45, 2.75) is 0 Å². The number of carbonyl (C=O) groups is 1. The van der Waals surface area contributed by atoms with Gasteiger partial charge in [-0.2, -0.15) is 10.1 Å². The highest BCUT2D eigenvalue weighted by Gasteiger charge is 2.10. The number of rotatable bonds is 2. The highest BCUT2D eigenvalue weighted by Crippen LogP contribution is 2.09. The zero-order chi connectivity index (χ0) is 11.5. The average Bonchev–Trinajstić information content (AvgIpc) is 2.64. The molecule has 0 spiro atoms. The molecule has 0 aromatic carbocycles. The maximum absolute atomic E-state index is 11.7. The number of anilines is 1. The predicted molar refractivity (Wildman–Crippen MR) is 58.2 cm³/mol. The van der Waals surface area contributed by atoms with Crippen LogP contribution in [-0.4, -0.2) is 25.7 Å². The summed E-state index contributed by atoms with van der Waals surface area (Å²) in [6.07, 6.45) is 2.81. The molecule has 0 unspecified atom stereocenters. The van der Waals surface area contributed by atoms with E-state index >= 15 is 0 Å². The topological polar surface area (TPSA) is 72.7 Å². The third-order valence-corrected chi connectivity index (χ3v) is 2.13. The molecule has 0 fully saturated rings. The molecule has 0 bridgehead atoms. The van der Waals surface area contributed by atoms with Crippen LogP contribution in [0.3, 0.4) is 0 Å². The second kappa shape index (κ2) is 4.28. The summed E-state index contributed by atoms with van der Waals surface area (Å²) in [6.45, 7) is 0. The Bertz CT molecular complexity index is 524. The molecule has 0 aliphatic rings. The first-order chi connectivity index (χ1) is 7.66. The Labute approximate surface area is 96.3 Å². The Morgan fingerprint density at radius 1 is 1.50 bits per heavy atom. The van der Waals surface area contributed by atoms with Crippen LogP contribution in [0.4, 0.5) is 5.95 Å². The van der Waals surface area contributed by atoms with E-state index < -0.39 is 0 Å². The van der Waals surface area contributed by atoms with E-state index in [1.165, 1.54) is 23.3 Å². The number of pyridine rings is 1. The van der Waals surface area contributed by atoms with Crippen molar-refractivity contribution < 1.29 is 4.79 Å². The summed E-state index contributed by atoms with van der Waals surface area (Å²) in [6, 6.07) is 3.08. The summed E-state index contributed by atoms with van der Waals surface area (Å²) in [5, 5.41) is 6.84. The summed E-state index contributed by atoms with van der Waals surface area (Å²) < 4.78 is 1.45. The van der Waals surface area contributed by atoms with Crippen LogP contribution < -0.4 is 5.32 Å². The van der Waals surface area contributed by atoms with Gasteiger partial charge in [-0.15, -0.1) is 0 Å². The fourth-order valence-corrected chi connectivity index (χ4v) is 1.26. The van der Waals surface area contributed by atoms with E-state index in [1.807, 2.05) is 0 Å². The van der Waals surface area contributed by atoms with Gasteiger partial charge in [-0.05, 0) is 12.1 Å². The molecule has 0 aliphatic carbocycles. The lowest BCUT2D eigenvalue weighted by molar-refractivity contribution is 0.102. The van der Waals surface area contributed by atoms with E-state index in [4.69, 9.17) is 11.6 Å². The lowest BCUT2D eigenvalue weighted by Gasteiger charge is -2.02. The van der Waals surface area contributed by atoms with Crippen molar-refractivity contribution >= 4 is 23.5 Å². The van der Waals surface area contributed by atoms with Gasteiger partial charge in [-0.1, -0.05) is 11.6 Å². The number of halogens is 1. The SMILES string of the molecule is Cn1ncnc1NC(=O)c1cc(Cl)ccn1. The van der Waals surface area contributed by atoms with Crippen LogP contribution in [-0.2, 0) is 7.05 Å². The van der Waals surface area contributed by atoms with Gasteiger partial charge < -0.3 is 0 Å². The Hall–Kier alpha value is -1.95. The van der Waals surface area contributed by atoms with Crippen LogP contribution in [0.15, 0.2) is 24.7 Å². The fourth-order valence-electron chi connectivity index (χ4n) is 1.10. The second-order valence-corrected chi connectivity index (χ2v) is 3.46. The molecule has 0 radical (unpaired) electrons. The number of aryl methyl sites for hydroxylation is 1. The van der Waals surface area contributed by atoms with Gasteiger partial charge in [0.05, 0.1) is 0 Å². The van der Waals surface area contributed by atoms with Crippen LogP contribution in [0.25, 0.3) is 0 Å². The molecule has 6 nitrogen and oxygen atoms in total. The minimum atomic E-state index is -0.376. The van der Waals surface area contributed by atoms with Gasteiger partial charge in [0.25, 0.3) is 5.91 Å². The summed E-state index contributed by atoms with van der Waals surface area (Å²) >= 11 is 5.75. The van der Waals surface area contributed by atoms with Crippen molar-refractivity contribution in [1.82, 2.24) is 19.7 Å². The Morgan fingerprint density at radius 2 is 2.31 bits per heavy atom. The molecule has 16 heavy (non-hydrogen) atoms. The number of carbonyl (C=O) groups excluding carboxylic acids is 1. The smallest absolute Gasteiger partial charge is 0.276 e. The molecule has 0 saturated carbocycles. The summed E-state index contributed by atoms with van der Waals surface area (Å²) in [5.41, 5.74) is 0.232. The standard InChI is InChI=1S/C9H8ClN5O/c1-15-9(12-5-13-15)14-8(16)7-4-6(10)2-3-11-7/h2-5H,1H3,(H,12,13,14,16). The van der Waals surface area contributed by atoms with Gasteiger partial charge in [-0.25, -0.2) is 4.68 Å². The Morgan fingerprint density at radius 3 is 2.94 bits per heavy atom. The van der Waals surface area contributed by atoms with Crippen LogP contribution in [0, 0.1) is 0 Å². The van der Waals surface area contributed by atoms with Crippen molar-refractivity contribution in [3.8, 4) is 0 Å². The molecule has 0 atom stereocenters. The number of nitrogens with zero attached hydrogens (tertiary/aromatic N) is 4. The highest BCUT2D eigenvalue weighted by atomic mass is 35.5. The van der Waals surface area contributed by atoms with Gasteiger partial charge in [0.1, 0.15) is 12.0 Å². The quantitative estimate of drug-likeness (QED) is 0.849. The highest BCUT2D eigenvalue weighted by molar-refractivity contribution is 6.30. The number of hydrogen-bond acceptors (Lipinski definition) is 4. The molecular weight excluding hydrogens is 230 g/mol. The molecule has 2 aromatic rings. The monoisotopic (exact) mass is 237 g/mol. The van der Waals surface area contributed by atoms with Gasteiger partial charge in [0, 0.05) is 18.3 Å². The second-order valence-electron chi connectivity index (χ2n) is 3.02. The van der Waals surface area contributed by atoms with Crippen LogP contribution in [0.1, 0.15) is 10.5 Å². The zero-order valence-corrected chi connectivity index (χ0v) is 9.14. The van der Waals surface area contributed by atoms with Crippen LogP contribution >= 0.6 is 11.6 Å². The molecule has 2 aromatic heterocycles. The number of hydrogen-bond donors (Lipinski definition) is 1. The van der Waals surface area contributed by atoms with E-state index in [1.54, 1.807) is 13.1 Å². The molecule has 82 valence electrons. The van der Waals surface area contributed by atoms with Gasteiger partial charge >= 0.3 is 0 Å². The third-order valence-electron chi connectivity index (χ3n) is 1.89. The van der Waals surface area contributed by atoms with Crippen LogP contribution in [0.5, 0.6) is 0 Å². The van der Waals surface area contributed by atoms with Crippen LogP contribution in [0.2, 0.25) is 5.02 Å². The first kappa shape index (κ1) is 10.6. The summed E-state index contributed by atoms with van der Waals surface area (Å²) in [4.78, 5) is 19.5. The zero-order valence-electron chi connectivity index (χ0n) is 8.38. The van der Waals surface area contributed by atoms with Crippen molar-refractivity contribution in [2.75, 3.05) is 5.32 Å². The molecule has 0 saturated heterocycles. The normalized spacial score (nSPS) is 10.1. The molecule has 1 amide bonds. The van der Waals surface area contributed by atoms with E-state index in [0.717, 1.165) is 0 Å². The largest absolute Gasteiger partial charge is 0.289 e. The van der Waals surface area contributed by atoms with E-state index in [2.05, 4.69) is 20.4 Å². The van der Waals surface area contributed by atoms with Crippen molar-refractivity contribution in [3.63, 3.8) is 0 Å². The summed E-state index contributed by atoms with van der Waals surface area (Å²) in [7, 11) is 1.67. The van der Waals surface area contributed by atoms with E-state index in [0.29, 0.717) is 11.0 Å². The molecule has 7 heteroatoms. The van der Waals surface area contributed by atoms with E-state index in [-0.39, 0.29) is 11.6 Å². The lowest BCUT2D eigenvalue weighted by atomic mass is 10.3. The Kier molecular flexibility index (Phi) is 2.82. The molecule has 2 heterocycles. The minimum Gasteiger partial charge on any atom is -0.289 e. The maximum atomic E-state index is 11.7. The number of amides is 1. The number of nitrogens with one attached hydrogen (secondary N) is 1.